The van der Waals surface area contributed by atoms with E-state index in [0.29, 0.717) is 6.54 Å². The minimum Gasteiger partial charge on any atom is -0.480 e. The Kier molecular flexibility index (Phi) is 5.79. The van der Waals surface area contributed by atoms with E-state index in [-0.39, 0.29) is 11.8 Å². The number of nitrogens with one attached hydrogen (secondary N) is 1. The van der Waals surface area contributed by atoms with Crippen molar-refractivity contribution in [3.8, 4) is 0 Å². The molecule has 4 N–H and O–H groups in total. The average molecular weight is 270 g/mol. The second kappa shape index (κ2) is 6.89. The molecule has 1 aliphatic rings. The number of hydrogen-bond donors (Lipinski definition) is 3. The molecular weight excluding hydrogens is 244 g/mol. The van der Waals surface area contributed by atoms with Crippen LogP contribution in [0.4, 0.5) is 0 Å². The summed E-state index contributed by atoms with van der Waals surface area (Å²) >= 11 is 0. The van der Waals surface area contributed by atoms with Gasteiger partial charge < -0.3 is 16.2 Å². The Balaban J connectivity index is 2.79. The topological polar surface area (TPSA) is 92.4 Å². The maximum Gasteiger partial charge on any atom is 0.326 e. The van der Waals surface area contributed by atoms with Crippen LogP contribution < -0.4 is 11.1 Å². The van der Waals surface area contributed by atoms with Crippen LogP contribution in [0.25, 0.3) is 0 Å². The van der Waals surface area contributed by atoms with E-state index in [0.717, 1.165) is 38.5 Å². The molecule has 0 heterocycles. The number of carbonyl (C=O) groups is 2. The van der Waals surface area contributed by atoms with Crippen molar-refractivity contribution < 1.29 is 14.7 Å². The van der Waals surface area contributed by atoms with Gasteiger partial charge in [0.15, 0.2) is 0 Å². The predicted molar refractivity (Wildman–Crippen MR) is 73.6 cm³/mol. The first-order valence-electron chi connectivity index (χ1n) is 7.17. The number of nitrogens with two attached hydrogens (primary N) is 1. The molecule has 0 radical (unpaired) electrons. The zero-order valence-corrected chi connectivity index (χ0v) is 11.9. The summed E-state index contributed by atoms with van der Waals surface area (Å²) in [5, 5.41) is 11.8. The van der Waals surface area contributed by atoms with E-state index in [1.807, 2.05) is 0 Å². The number of carboxylic acids is 1. The minimum absolute atomic E-state index is 0.137. The van der Waals surface area contributed by atoms with Crippen molar-refractivity contribution in [2.75, 3.05) is 6.54 Å². The van der Waals surface area contributed by atoms with E-state index in [9.17, 15) is 9.59 Å². The van der Waals surface area contributed by atoms with Gasteiger partial charge in [-0.2, -0.15) is 0 Å². The maximum absolute atomic E-state index is 12.5. The normalized spacial score (nSPS) is 20.6. The molecule has 0 saturated heterocycles. The highest BCUT2D eigenvalue weighted by molar-refractivity contribution is 5.87. The Morgan fingerprint density at radius 3 is 2.11 bits per heavy atom. The van der Waals surface area contributed by atoms with Crippen molar-refractivity contribution in [3.63, 3.8) is 0 Å². The zero-order chi connectivity index (χ0) is 14.5. The van der Waals surface area contributed by atoms with Gasteiger partial charge in [-0.25, -0.2) is 4.79 Å². The summed E-state index contributed by atoms with van der Waals surface area (Å²) in [5.41, 5.74) is 5.26. The monoisotopic (exact) mass is 270 g/mol. The molecule has 1 amide bonds. The smallest absolute Gasteiger partial charge is 0.326 e. The van der Waals surface area contributed by atoms with E-state index >= 15 is 0 Å². The number of carbonyl (C=O) groups excluding carboxylic acids is 1. The molecule has 0 unspecified atom stereocenters. The molecule has 1 fully saturated rings. The largest absolute Gasteiger partial charge is 0.480 e. The fourth-order valence-corrected chi connectivity index (χ4v) is 2.74. The predicted octanol–water partition coefficient (Wildman–Crippen LogP) is 1.51. The molecule has 0 spiro atoms. The molecule has 1 aliphatic carbocycles. The van der Waals surface area contributed by atoms with Gasteiger partial charge in [0.1, 0.15) is 6.04 Å². The Morgan fingerprint density at radius 2 is 1.74 bits per heavy atom. The van der Waals surface area contributed by atoms with E-state index < -0.39 is 17.4 Å². The van der Waals surface area contributed by atoms with E-state index in [1.54, 1.807) is 13.8 Å². The number of carboxylic acid groups (broad SMARTS) is 1. The zero-order valence-electron chi connectivity index (χ0n) is 11.9. The molecule has 5 heteroatoms. The molecule has 19 heavy (non-hydrogen) atoms. The molecule has 1 rings (SSSR count). The van der Waals surface area contributed by atoms with Crippen LogP contribution in [-0.2, 0) is 9.59 Å². The summed E-state index contributed by atoms with van der Waals surface area (Å²) in [6, 6.07) is -0.834. The summed E-state index contributed by atoms with van der Waals surface area (Å²) in [5.74, 6) is -1.30. The Labute approximate surface area is 114 Å². The number of rotatable bonds is 5. The molecule has 110 valence electrons. The van der Waals surface area contributed by atoms with Crippen molar-refractivity contribution in [2.24, 2.45) is 17.1 Å². The fraction of sp³-hybridized carbons (Fsp3) is 0.857. The van der Waals surface area contributed by atoms with E-state index in [4.69, 9.17) is 10.8 Å². The highest BCUT2D eigenvalue weighted by atomic mass is 16.4. The number of amides is 1. The molecule has 0 bridgehead atoms. The third kappa shape index (κ3) is 3.93. The molecule has 0 aliphatic heterocycles. The maximum atomic E-state index is 12.5. The van der Waals surface area contributed by atoms with Crippen LogP contribution in [0.15, 0.2) is 0 Å². The average Bonchev–Trinajstić information content (AvgIpc) is 2.61. The summed E-state index contributed by atoms with van der Waals surface area (Å²) in [7, 11) is 0. The van der Waals surface area contributed by atoms with Gasteiger partial charge in [-0.1, -0.05) is 39.5 Å². The van der Waals surface area contributed by atoms with Gasteiger partial charge in [-0.3, -0.25) is 4.79 Å². The second-order valence-electron chi connectivity index (χ2n) is 5.93. The number of hydrogen-bond acceptors (Lipinski definition) is 3. The highest BCUT2D eigenvalue weighted by Gasteiger charge is 2.39. The van der Waals surface area contributed by atoms with Crippen LogP contribution in [0.3, 0.4) is 0 Å². The third-order valence-corrected chi connectivity index (χ3v) is 4.15. The summed E-state index contributed by atoms with van der Waals surface area (Å²) in [6.07, 6.45) is 5.76. The molecular formula is C14H26N2O3. The van der Waals surface area contributed by atoms with Crippen molar-refractivity contribution in [3.05, 3.63) is 0 Å². The Morgan fingerprint density at radius 1 is 1.21 bits per heavy atom. The third-order valence-electron chi connectivity index (χ3n) is 4.15. The van der Waals surface area contributed by atoms with Gasteiger partial charge in [0.05, 0.1) is 5.41 Å². The molecule has 1 atom stereocenters. The quantitative estimate of drug-likeness (QED) is 0.660. The molecule has 5 nitrogen and oxygen atoms in total. The van der Waals surface area contributed by atoms with Gasteiger partial charge in [-0.05, 0) is 18.8 Å². The highest BCUT2D eigenvalue weighted by Crippen LogP contribution is 2.34. The van der Waals surface area contributed by atoms with E-state index in [2.05, 4.69) is 5.32 Å². The fourth-order valence-electron chi connectivity index (χ4n) is 2.74. The van der Waals surface area contributed by atoms with Crippen molar-refractivity contribution in [1.29, 1.82) is 0 Å². The van der Waals surface area contributed by atoms with Crippen LogP contribution >= 0.6 is 0 Å². The SMILES string of the molecule is CC(C)[C@@H](NC(=O)C1(CN)CCCCCC1)C(=O)O. The van der Waals surface area contributed by atoms with Crippen LogP contribution in [0.1, 0.15) is 52.4 Å². The molecule has 0 aromatic heterocycles. The van der Waals surface area contributed by atoms with Crippen molar-refractivity contribution in [2.45, 2.75) is 58.4 Å². The molecule has 0 aromatic rings. The van der Waals surface area contributed by atoms with Gasteiger partial charge in [0, 0.05) is 6.54 Å². The Hall–Kier alpha value is -1.10. The van der Waals surface area contributed by atoms with Gasteiger partial charge >= 0.3 is 5.97 Å². The standard InChI is InChI=1S/C14H26N2O3/c1-10(2)11(12(17)18)16-13(19)14(9-15)7-5-3-4-6-8-14/h10-11H,3-9,15H2,1-2H3,(H,16,19)(H,17,18)/t11-/m1/s1. The summed E-state index contributed by atoms with van der Waals surface area (Å²) < 4.78 is 0. The van der Waals surface area contributed by atoms with Crippen molar-refractivity contribution >= 4 is 11.9 Å². The lowest BCUT2D eigenvalue weighted by atomic mass is 9.79. The summed E-state index contributed by atoms with van der Waals surface area (Å²) in [4.78, 5) is 23.6. The van der Waals surface area contributed by atoms with Crippen LogP contribution in [-0.4, -0.2) is 29.6 Å². The second-order valence-corrected chi connectivity index (χ2v) is 5.93. The molecule has 1 saturated carbocycles. The minimum atomic E-state index is -0.982. The van der Waals surface area contributed by atoms with Gasteiger partial charge in [-0.15, -0.1) is 0 Å². The first-order chi connectivity index (χ1) is 8.93. The molecule has 0 aromatic carbocycles. The first-order valence-corrected chi connectivity index (χ1v) is 7.17. The lowest BCUT2D eigenvalue weighted by Crippen LogP contribution is -2.53. The summed E-state index contributed by atoms with van der Waals surface area (Å²) in [6.45, 7) is 3.88. The van der Waals surface area contributed by atoms with E-state index in [1.165, 1.54) is 0 Å². The first kappa shape index (κ1) is 16.0. The van der Waals surface area contributed by atoms with Gasteiger partial charge in [0.2, 0.25) is 5.91 Å². The van der Waals surface area contributed by atoms with Crippen molar-refractivity contribution in [1.82, 2.24) is 5.32 Å². The van der Waals surface area contributed by atoms with Crippen LogP contribution in [0.2, 0.25) is 0 Å². The van der Waals surface area contributed by atoms with Gasteiger partial charge in [0.25, 0.3) is 0 Å². The van der Waals surface area contributed by atoms with Crippen LogP contribution in [0.5, 0.6) is 0 Å². The Bertz CT molecular complexity index is 321. The lowest BCUT2D eigenvalue weighted by Gasteiger charge is -2.32. The van der Waals surface area contributed by atoms with Crippen LogP contribution in [0, 0.1) is 11.3 Å². The lowest BCUT2D eigenvalue weighted by molar-refractivity contribution is -0.145. The number of aliphatic carboxylic acids is 1.